The molecule has 1 fully saturated rings. The van der Waals surface area contributed by atoms with Gasteiger partial charge in [0, 0.05) is 39.1 Å². The van der Waals surface area contributed by atoms with Gasteiger partial charge in [-0.05, 0) is 24.6 Å². The molecule has 0 bridgehead atoms. The minimum atomic E-state index is -0.424. The molecular weight excluding hydrogens is 328 g/mol. The minimum Gasteiger partial charge on any atom is -0.426 e. The highest BCUT2D eigenvalue weighted by atomic mass is 16.5. The number of ether oxygens (including phenoxy) is 1. The summed E-state index contributed by atoms with van der Waals surface area (Å²) in [6.45, 7) is 6.48. The Morgan fingerprint density at radius 1 is 0.923 bits per heavy atom. The molecular formula is C21H24N2O3. The average Bonchev–Trinajstić information content (AvgIpc) is 2.68. The van der Waals surface area contributed by atoms with E-state index in [2.05, 4.69) is 36.1 Å². The summed E-state index contributed by atoms with van der Waals surface area (Å²) in [6, 6.07) is 17.6. The molecule has 5 nitrogen and oxygen atoms in total. The van der Waals surface area contributed by atoms with Crippen molar-refractivity contribution < 1.29 is 14.3 Å². The van der Waals surface area contributed by atoms with Gasteiger partial charge in [0.15, 0.2) is 0 Å². The Morgan fingerprint density at radius 2 is 1.54 bits per heavy atom. The van der Waals surface area contributed by atoms with E-state index in [0.717, 1.165) is 13.1 Å². The maximum absolute atomic E-state index is 12.9. The van der Waals surface area contributed by atoms with Gasteiger partial charge in [-0.3, -0.25) is 14.5 Å². The lowest BCUT2D eigenvalue weighted by Gasteiger charge is -2.38. The Bertz CT molecular complexity index is 768. The maximum atomic E-state index is 12.9. The molecule has 136 valence electrons. The fourth-order valence-corrected chi connectivity index (χ4v) is 3.31. The van der Waals surface area contributed by atoms with E-state index in [4.69, 9.17) is 4.74 Å². The number of carbonyl (C=O) groups excluding carboxylic acids is 2. The van der Waals surface area contributed by atoms with Gasteiger partial charge in [0.05, 0.1) is 5.56 Å². The van der Waals surface area contributed by atoms with Crippen LogP contribution in [0, 0.1) is 0 Å². The van der Waals surface area contributed by atoms with Crippen molar-refractivity contribution in [3.05, 3.63) is 65.7 Å². The van der Waals surface area contributed by atoms with Gasteiger partial charge in [-0.2, -0.15) is 0 Å². The molecule has 0 saturated carbocycles. The Balaban J connectivity index is 1.65. The zero-order chi connectivity index (χ0) is 18.5. The van der Waals surface area contributed by atoms with Crippen LogP contribution in [0.2, 0.25) is 0 Å². The number of hydrogen-bond donors (Lipinski definition) is 0. The normalized spacial score (nSPS) is 16.2. The molecule has 3 rings (SSSR count). The summed E-state index contributed by atoms with van der Waals surface area (Å²) in [5, 5.41) is 0. The van der Waals surface area contributed by atoms with E-state index in [1.807, 2.05) is 11.0 Å². The molecule has 0 N–H and O–H groups in total. The van der Waals surface area contributed by atoms with Gasteiger partial charge in [-0.1, -0.05) is 42.5 Å². The molecule has 5 heteroatoms. The molecule has 1 atom stereocenters. The molecule has 26 heavy (non-hydrogen) atoms. The quantitative estimate of drug-likeness (QED) is 0.627. The summed E-state index contributed by atoms with van der Waals surface area (Å²) in [7, 11) is 0. The fourth-order valence-electron chi connectivity index (χ4n) is 3.31. The Kier molecular flexibility index (Phi) is 5.68. The summed E-state index contributed by atoms with van der Waals surface area (Å²) >= 11 is 0. The number of benzene rings is 2. The third-order valence-electron chi connectivity index (χ3n) is 4.80. The first-order chi connectivity index (χ1) is 12.6. The average molecular weight is 352 g/mol. The number of carbonyl (C=O) groups is 2. The van der Waals surface area contributed by atoms with Crippen LogP contribution in [0.15, 0.2) is 54.6 Å². The first-order valence-electron chi connectivity index (χ1n) is 8.92. The van der Waals surface area contributed by atoms with Gasteiger partial charge < -0.3 is 9.64 Å². The summed E-state index contributed by atoms with van der Waals surface area (Å²) in [6.07, 6.45) is 0. The Hall–Kier alpha value is -2.66. The highest BCUT2D eigenvalue weighted by Crippen LogP contribution is 2.24. The Morgan fingerprint density at radius 3 is 2.19 bits per heavy atom. The van der Waals surface area contributed by atoms with E-state index in [0.29, 0.717) is 30.4 Å². The Labute approximate surface area is 154 Å². The minimum absolute atomic E-state index is 0.0890. The number of esters is 1. The summed E-state index contributed by atoms with van der Waals surface area (Å²) < 4.78 is 5.18. The number of rotatable bonds is 4. The van der Waals surface area contributed by atoms with Crippen LogP contribution in [-0.2, 0) is 4.79 Å². The van der Waals surface area contributed by atoms with Crippen LogP contribution in [0.1, 0.15) is 35.8 Å². The second-order valence-corrected chi connectivity index (χ2v) is 6.50. The molecule has 2 aromatic rings. The van der Waals surface area contributed by atoms with E-state index < -0.39 is 5.97 Å². The lowest BCUT2D eigenvalue weighted by Crippen LogP contribution is -2.49. The number of para-hydroxylation sites is 1. The van der Waals surface area contributed by atoms with Crippen LogP contribution in [0.4, 0.5) is 0 Å². The largest absolute Gasteiger partial charge is 0.426 e. The van der Waals surface area contributed by atoms with Crippen molar-refractivity contribution >= 4 is 11.9 Å². The van der Waals surface area contributed by atoms with E-state index in [1.165, 1.54) is 12.5 Å². The lowest BCUT2D eigenvalue weighted by atomic mass is 10.1. The van der Waals surface area contributed by atoms with Crippen LogP contribution in [0.5, 0.6) is 5.75 Å². The zero-order valence-corrected chi connectivity index (χ0v) is 15.2. The highest BCUT2D eigenvalue weighted by molar-refractivity contribution is 5.97. The van der Waals surface area contributed by atoms with E-state index >= 15 is 0 Å². The standard InChI is InChI=1S/C21H24N2O3/c1-16(18-8-4-3-5-9-18)22-12-14-23(15-13-22)21(25)19-10-6-7-11-20(19)26-17(2)24/h3-11,16H,12-15H2,1-2H3. The summed E-state index contributed by atoms with van der Waals surface area (Å²) in [4.78, 5) is 28.3. The van der Waals surface area contributed by atoms with Crippen molar-refractivity contribution in [1.29, 1.82) is 0 Å². The SMILES string of the molecule is CC(=O)Oc1ccccc1C(=O)N1CCN(C(C)c2ccccc2)CC1. The van der Waals surface area contributed by atoms with Gasteiger partial charge >= 0.3 is 5.97 Å². The monoisotopic (exact) mass is 352 g/mol. The molecule has 1 saturated heterocycles. The fraction of sp³-hybridized carbons (Fsp3) is 0.333. The van der Waals surface area contributed by atoms with E-state index in [-0.39, 0.29) is 5.91 Å². The summed E-state index contributed by atoms with van der Waals surface area (Å²) in [5.74, 6) is -0.189. The molecule has 0 spiro atoms. The van der Waals surface area contributed by atoms with Crippen molar-refractivity contribution in [2.75, 3.05) is 26.2 Å². The topological polar surface area (TPSA) is 49.9 Å². The van der Waals surface area contributed by atoms with Crippen LogP contribution in [0.25, 0.3) is 0 Å². The molecule has 2 aromatic carbocycles. The molecule has 0 radical (unpaired) electrons. The molecule has 1 aliphatic heterocycles. The van der Waals surface area contributed by atoms with Crippen molar-refractivity contribution in [3.63, 3.8) is 0 Å². The van der Waals surface area contributed by atoms with Crippen LogP contribution in [0.3, 0.4) is 0 Å². The maximum Gasteiger partial charge on any atom is 0.308 e. The second kappa shape index (κ2) is 8.15. The van der Waals surface area contributed by atoms with Crippen molar-refractivity contribution in [1.82, 2.24) is 9.80 Å². The highest BCUT2D eigenvalue weighted by Gasteiger charge is 2.27. The molecule has 1 amide bonds. The van der Waals surface area contributed by atoms with Crippen LogP contribution in [-0.4, -0.2) is 47.9 Å². The molecule has 1 unspecified atom stereocenters. The summed E-state index contributed by atoms with van der Waals surface area (Å²) in [5.41, 5.74) is 1.72. The number of amides is 1. The number of piperazine rings is 1. The number of hydrogen-bond acceptors (Lipinski definition) is 4. The van der Waals surface area contributed by atoms with Crippen LogP contribution < -0.4 is 4.74 Å². The third-order valence-corrected chi connectivity index (χ3v) is 4.80. The first kappa shape index (κ1) is 18.1. The number of nitrogens with zero attached hydrogens (tertiary/aromatic N) is 2. The predicted molar refractivity (Wildman–Crippen MR) is 100 cm³/mol. The first-order valence-corrected chi connectivity index (χ1v) is 8.92. The van der Waals surface area contributed by atoms with Gasteiger partial charge in [-0.15, -0.1) is 0 Å². The molecule has 0 aliphatic carbocycles. The van der Waals surface area contributed by atoms with E-state index in [1.54, 1.807) is 24.3 Å². The van der Waals surface area contributed by atoms with Gasteiger partial charge in [0.1, 0.15) is 5.75 Å². The predicted octanol–water partition coefficient (Wildman–Crippen LogP) is 3.13. The molecule has 0 aromatic heterocycles. The van der Waals surface area contributed by atoms with E-state index in [9.17, 15) is 9.59 Å². The molecule has 1 aliphatic rings. The van der Waals surface area contributed by atoms with Crippen molar-refractivity contribution in [2.45, 2.75) is 19.9 Å². The van der Waals surface area contributed by atoms with Gasteiger partial charge in [0.2, 0.25) is 0 Å². The smallest absolute Gasteiger partial charge is 0.308 e. The van der Waals surface area contributed by atoms with Crippen LogP contribution >= 0.6 is 0 Å². The van der Waals surface area contributed by atoms with Crippen molar-refractivity contribution in [3.8, 4) is 5.75 Å². The lowest BCUT2D eigenvalue weighted by molar-refractivity contribution is -0.131. The van der Waals surface area contributed by atoms with Gasteiger partial charge in [-0.25, -0.2) is 0 Å². The zero-order valence-electron chi connectivity index (χ0n) is 15.2. The van der Waals surface area contributed by atoms with Crippen molar-refractivity contribution in [2.24, 2.45) is 0 Å². The third kappa shape index (κ3) is 4.11. The molecule has 1 heterocycles. The van der Waals surface area contributed by atoms with Gasteiger partial charge in [0.25, 0.3) is 5.91 Å². The second-order valence-electron chi connectivity index (χ2n) is 6.50.